The molecule has 8 heteroatoms. The van der Waals surface area contributed by atoms with Gasteiger partial charge in [0.2, 0.25) is 0 Å². The number of aromatic nitrogens is 2. The molecule has 1 aromatic heterocycles. The monoisotopic (exact) mass is 475 g/mol. The number of allylic oxidation sites excluding steroid dienone is 1. The summed E-state index contributed by atoms with van der Waals surface area (Å²) in [7, 11) is 0. The molecular formula is C27H24F3N5. The third-order valence-electron chi connectivity index (χ3n) is 5.99. The van der Waals surface area contributed by atoms with Gasteiger partial charge in [0.1, 0.15) is 0 Å². The molecule has 178 valence electrons. The van der Waals surface area contributed by atoms with Crippen LogP contribution in [0.2, 0.25) is 0 Å². The second-order valence-electron chi connectivity index (χ2n) is 8.40. The number of hydrogen-bond acceptors (Lipinski definition) is 4. The number of hydrogen-bond donors (Lipinski definition) is 3. The molecule has 35 heavy (non-hydrogen) atoms. The number of H-pyrrole nitrogens is 1. The molecule has 1 unspecified atom stereocenters. The van der Waals surface area contributed by atoms with E-state index in [1.165, 1.54) is 12.1 Å². The van der Waals surface area contributed by atoms with Crippen molar-refractivity contribution in [2.24, 2.45) is 10.9 Å². The molecule has 3 N–H and O–H groups in total. The van der Waals surface area contributed by atoms with Crippen molar-refractivity contribution in [2.75, 3.05) is 18.4 Å². The van der Waals surface area contributed by atoms with Crippen LogP contribution in [0.5, 0.6) is 0 Å². The maximum Gasteiger partial charge on any atom is 0.417 e. The zero-order valence-electron chi connectivity index (χ0n) is 19.0. The number of nitrogens with zero attached hydrogens (tertiary/aromatic N) is 2. The summed E-state index contributed by atoms with van der Waals surface area (Å²) in [6.07, 6.45) is -2.51. The van der Waals surface area contributed by atoms with Crippen molar-refractivity contribution >= 4 is 33.8 Å². The van der Waals surface area contributed by atoms with Gasteiger partial charge >= 0.3 is 6.18 Å². The fourth-order valence-electron chi connectivity index (χ4n) is 4.34. The Balaban J connectivity index is 1.39. The summed E-state index contributed by atoms with van der Waals surface area (Å²) >= 11 is 0. The lowest BCUT2D eigenvalue weighted by Crippen LogP contribution is -2.22. The Hall–Kier alpha value is -4.07. The van der Waals surface area contributed by atoms with Crippen LogP contribution in [-0.4, -0.2) is 29.0 Å². The maximum absolute atomic E-state index is 13.7. The van der Waals surface area contributed by atoms with Crippen LogP contribution >= 0.6 is 0 Å². The Morgan fingerprint density at radius 3 is 2.37 bits per heavy atom. The van der Waals surface area contributed by atoms with Crippen LogP contribution in [0.25, 0.3) is 16.6 Å². The van der Waals surface area contributed by atoms with Gasteiger partial charge in [-0.25, -0.2) is 0 Å². The van der Waals surface area contributed by atoms with Crippen molar-refractivity contribution in [2.45, 2.75) is 13.1 Å². The summed E-state index contributed by atoms with van der Waals surface area (Å²) in [6.45, 7) is 3.06. The van der Waals surface area contributed by atoms with E-state index in [1.54, 1.807) is 6.07 Å². The van der Waals surface area contributed by atoms with Crippen molar-refractivity contribution in [3.8, 4) is 0 Å². The number of para-hydroxylation sites is 2. The molecule has 5 nitrogen and oxygen atoms in total. The quantitative estimate of drug-likeness (QED) is 0.283. The number of alkyl halides is 3. The summed E-state index contributed by atoms with van der Waals surface area (Å²) in [4.78, 5) is 4.71. The van der Waals surface area contributed by atoms with Crippen molar-refractivity contribution in [3.05, 3.63) is 95.6 Å². The minimum atomic E-state index is -4.46. The summed E-state index contributed by atoms with van der Waals surface area (Å²) < 4.78 is 41.2. The van der Waals surface area contributed by atoms with E-state index in [4.69, 9.17) is 4.99 Å². The van der Waals surface area contributed by atoms with Crippen molar-refractivity contribution in [3.63, 3.8) is 0 Å². The molecule has 0 aliphatic carbocycles. The smallest absolute Gasteiger partial charge is 0.383 e. The maximum atomic E-state index is 13.7. The first kappa shape index (κ1) is 22.7. The highest BCUT2D eigenvalue weighted by molar-refractivity contribution is 6.07. The van der Waals surface area contributed by atoms with Gasteiger partial charge in [-0.3, -0.25) is 10.1 Å². The molecule has 2 heterocycles. The molecule has 0 fully saturated rings. The van der Waals surface area contributed by atoms with Gasteiger partial charge in [-0.1, -0.05) is 61.5 Å². The SMILES string of the molecule is CC1C=C(NCCNc2n[nH]c3ccccc23)c2ccccc2N=C1c1ccccc1C(F)(F)F. The highest BCUT2D eigenvalue weighted by Gasteiger charge is 2.35. The molecule has 0 saturated carbocycles. The largest absolute Gasteiger partial charge is 0.417 e. The molecule has 1 atom stereocenters. The predicted octanol–water partition coefficient (Wildman–Crippen LogP) is 6.39. The number of benzene rings is 3. The van der Waals surface area contributed by atoms with Gasteiger partial charge in [0.05, 0.1) is 22.5 Å². The van der Waals surface area contributed by atoms with E-state index in [2.05, 4.69) is 20.8 Å². The number of aliphatic imine (C=N–C) groups is 1. The standard InChI is InChI=1S/C27H24F3N5/c1-17-16-24(31-14-15-32-26-20-10-4-7-13-23(20)34-35-26)19-9-3-6-12-22(19)33-25(17)18-8-2-5-11-21(18)27(28,29)30/h2-13,16-17,31H,14-15H2,1H3,(H2,32,34,35). The van der Waals surface area contributed by atoms with Gasteiger partial charge in [0.15, 0.2) is 5.82 Å². The summed E-state index contributed by atoms with van der Waals surface area (Å²) in [5, 5.41) is 15.1. The molecule has 3 aromatic carbocycles. The summed E-state index contributed by atoms with van der Waals surface area (Å²) in [5.41, 5.74) is 3.10. The fourth-order valence-corrected chi connectivity index (χ4v) is 4.34. The van der Waals surface area contributed by atoms with Crippen LogP contribution in [0, 0.1) is 5.92 Å². The number of nitrogens with one attached hydrogen (secondary N) is 3. The highest BCUT2D eigenvalue weighted by Crippen LogP contribution is 2.36. The van der Waals surface area contributed by atoms with Gasteiger partial charge in [0.25, 0.3) is 0 Å². The van der Waals surface area contributed by atoms with Crippen LogP contribution in [0.1, 0.15) is 23.6 Å². The van der Waals surface area contributed by atoms with E-state index < -0.39 is 11.7 Å². The minimum absolute atomic E-state index is 0.104. The lowest BCUT2D eigenvalue weighted by molar-refractivity contribution is -0.137. The molecule has 0 bridgehead atoms. The molecule has 4 aromatic rings. The van der Waals surface area contributed by atoms with Gasteiger partial charge in [0, 0.05) is 41.2 Å². The number of anilines is 1. The second-order valence-corrected chi connectivity index (χ2v) is 8.40. The Morgan fingerprint density at radius 1 is 0.857 bits per heavy atom. The molecular weight excluding hydrogens is 451 g/mol. The normalized spacial score (nSPS) is 15.7. The predicted molar refractivity (Wildman–Crippen MR) is 134 cm³/mol. The fraction of sp³-hybridized carbons (Fsp3) is 0.185. The first-order valence-corrected chi connectivity index (χ1v) is 11.4. The van der Waals surface area contributed by atoms with Gasteiger partial charge in [-0.05, 0) is 24.3 Å². The molecule has 1 aliphatic heterocycles. The Bertz CT molecular complexity index is 1420. The lowest BCUT2D eigenvalue weighted by atomic mass is 9.93. The van der Waals surface area contributed by atoms with Crippen molar-refractivity contribution in [1.29, 1.82) is 0 Å². The van der Waals surface area contributed by atoms with Crippen LogP contribution in [0.15, 0.2) is 83.9 Å². The third kappa shape index (κ3) is 4.64. The van der Waals surface area contributed by atoms with E-state index >= 15 is 0 Å². The zero-order chi connectivity index (χ0) is 24.4. The van der Waals surface area contributed by atoms with E-state index in [0.717, 1.165) is 34.0 Å². The van der Waals surface area contributed by atoms with E-state index in [1.807, 2.05) is 61.5 Å². The second kappa shape index (κ2) is 9.29. The topological polar surface area (TPSA) is 65.1 Å². The van der Waals surface area contributed by atoms with Gasteiger partial charge < -0.3 is 10.6 Å². The molecule has 1 aliphatic rings. The van der Waals surface area contributed by atoms with E-state index in [0.29, 0.717) is 24.5 Å². The van der Waals surface area contributed by atoms with Crippen LogP contribution < -0.4 is 10.6 Å². The average molecular weight is 476 g/mol. The minimum Gasteiger partial charge on any atom is -0.383 e. The molecule has 0 radical (unpaired) electrons. The Morgan fingerprint density at radius 2 is 1.54 bits per heavy atom. The zero-order valence-corrected chi connectivity index (χ0v) is 19.0. The first-order chi connectivity index (χ1) is 16.9. The molecule has 0 saturated heterocycles. The Kier molecular flexibility index (Phi) is 6.03. The van der Waals surface area contributed by atoms with Gasteiger partial charge in [-0.2, -0.15) is 18.3 Å². The number of rotatable bonds is 6. The highest BCUT2D eigenvalue weighted by atomic mass is 19.4. The summed E-state index contributed by atoms with van der Waals surface area (Å²) in [5.74, 6) is 0.442. The third-order valence-corrected chi connectivity index (χ3v) is 5.99. The molecule has 5 rings (SSSR count). The number of halogens is 3. The first-order valence-electron chi connectivity index (χ1n) is 11.4. The van der Waals surface area contributed by atoms with Crippen LogP contribution in [0.4, 0.5) is 24.7 Å². The molecule has 0 spiro atoms. The average Bonchev–Trinajstić information content (AvgIpc) is 3.20. The van der Waals surface area contributed by atoms with Crippen LogP contribution in [-0.2, 0) is 6.18 Å². The van der Waals surface area contributed by atoms with E-state index in [9.17, 15) is 13.2 Å². The Labute approximate surface area is 200 Å². The van der Waals surface area contributed by atoms with E-state index in [-0.39, 0.29) is 11.5 Å². The van der Waals surface area contributed by atoms with Gasteiger partial charge in [-0.15, -0.1) is 0 Å². The van der Waals surface area contributed by atoms with Crippen molar-refractivity contribution in [1.82, 2.24) is 15.5 Å². The van der Waals surface area contributed by atoms with Crippen LogP contribution in [0.3, 0.4) is 0 Å². The number of fused-ring (bicyclic) bond motifs is 2. The summed E-state index contributed by atoms with van der Waals surface area (Å²) in [6, 6.07) is 21.0. The molecule has 0 amide bonds. The number of aromatic amines is 1. The van der Waals surface area contributed by atoms with Crippen molar-refractivity contribution < 1.29 is 13.2 Å². The lowest BCUT2D eigenvalue weighted by Gasteiger charge is -2.17.